The number of aromatic nitrogens is 2. The van der Waals surface area contributed by atoms with Gasteiger partial charge in [-0.25, -0.2) is 0 Å². The number of hydrogen-bond acceptors (Lipinski definition) is 4. The van der Waals surface area contributed by atoms with Gasteiger partial charge in [0.15, 0.2) is 0 Å². The SMILES string of the molecule is CC(C)(C)[C@@H](O)C(=O)Nc1cccc(Oc2ccc3c(/C=C/c4ccccc4)n[nH]c3c2)c1. The van der Waals surface area contributed by atoms with Crippen LogP contribution < -0.4 is 10.1 Å². The van der Waals surface area contributed by atoms with E-state index in [4.69, 9.17) is 4.74 Å². The van der Waals surface area contributed by atoms with Crippen LogP contribution in [0.4, 0.5) is 5.69 Å². The molecule has 6 nitrogen and oxygen atoms in total. The molecule has 1 aromatic heterocycles. The monoisotopic (exact) mass is 441 g/mol. The number of aliphatic hydroxyl groups excluding tert-OH is 1. The van der Waals surface area contributed by atoms with E-state index >= 15 is 0 Å². The highest BCUT2D eigenvalue weighted by Crippen LogP contribution is 2.29. The third kappa shape index (κ3) is 5.48. The van der Waals surface area contributed by atoms with Gasteiger partial charge in [0.05, 0.1) is 11.2 Å². The predicted octanol–water partition coefficient (Wildman–Crippen LogP) is 5.87. The van der Waals surface area contributed by atoms with Gasteiger partial charge in [-0.1, -0.05) is 63.2 Å². The highest BCUT2D eigenvalue weighted by Gasteiger charge is 2.29. The van der Waals surface area contributed by atoms with E-state index in [0.717, 1.165) is 22.2 Å². The highest BCUT2D eigenvalue weighted by molar-refractivity contribution is 5.94. The number of aliphatic hydroxyl groups is 1. The Hall–Kier alpha value is -3.90. The van der Waals surface area contributed by atoms with E-state index < -0.39 is 17.4 Å². The molecule has 3 N–H and O–H groups in total. The fourth-order valence-corrected chi connectivity index (χ4v) is 3.33. The van der Waals surface area contributed by atoms with Gasteiger partial charge in [0.1, 0.15) is 17.6 Å². The summed E-state index contributed by atoms with van der Waals surface area (Å²) in [6, 6.07) is 22.9. The lowest BCUT2D eigenvalue weighted by molar-refractivity contribution is -0.129. The zero-order valence-corrected chi connectivity index (χ0v) is 18.9. The highest BCUT2D eigenvalue weighted by atomic mass is 16.5. The van der Waals surface area contributed by atoms with Crippen molar-refractivity contribution in [2.45, 2.75) is 26.9 Å². The van der Waals surface area contributed by atoms with Crippen LogP contribution in [0.5, 0.6) is 11.5 Å². The maximum absolute atomic E-state index is 12.3. The van der Waals surface area contributed by atoms with Crippen LogP contribution in [-0.2, 0) is 4.79 Å². The third-order valence-electron chi connectivity index (χ3n) is 5.20. The van der Waals surface area contributed by atoms with Crippen LogP contribution in [0, 0.1) is 5.41 Å². The van der Waals surface area contributed by atoms with Gasteiger partial charge < -0.3 is 15.2 Å². The van der Waals surface area contributed by atoms with E-state index in [0.29, 0.717) is 17.2 Å². The Morgan fingerprint density at radius 2 is 1.76 bits per heavy atom. The Bertz CT molecular complexity index is 1290. The molecule has 4 aromatic rings. The largest absolute Gasteiger partial charge is 0.457 e. The number of carbonyl (C=O) groups is 1. The second-order valence-electron chi connectivity index (χ2n) is 8.95. The van der Waals surface area contributed by atoms with Crippen molar-refractivity contribution in [3.05, 3.63) is 84.1 Å². The number of rotatable bonds is 6. The minimum atomic E-state index is -1.12. The summed E-state index contributed by atoms with van der Waals surface area (Å²) in [5, 5.41) is 21.4. The number of benzene rings is 3. The predicted molar refractivity (Wildman–Crippen MR) is 132 cm³/mol. The minimum Gasteiger partial charge on any atom is -0.457 e. The van der Waals surface area contributed by atoms with E-state index in [1.54, 1.807) is 24.3 Å². The van der Waals surface area contributed by atoms with Gasteiger partial charge in [-0.15, -0.1) is 0 Å². The number of fused-ring (bicyclic) bond motifs is 1. The lowest BCUT2D eigenvalue weighted by Gasteiger charge is -2.24. The fourth-order valence-electron chi connectivity index (χ4n) is 3.33. The van der Waals surface area contributed by atoms with Gasteiger partial charge in [-0.05, 0) is 41.3 Å². The molecule has 0 spiro atoms. The van der Waals surface area contributed by atoms with Gasteiger partial charge in [-0.2, -0.15) is 5.10 Å². The second-order valence-corrected chi connectivity index (χ2v) is 8.95. The van der Waals surface area contributed by atoms with Crippen molar-refractivity contribution in [1.82, 2.24) is 10.2 Å². The zero-order chi connectivity index (χ0) is 23.4. The number of amides is 1. The Labute approximate surface area is 192 Å². The first-order valence-electron chi connectivity index (χ1n) is 10.8. The summed E-state index contributed by atoms with van der Waals surface area (Å²) in [7, 11) is 0. The van der Waals surface area contributed by atoms with Crippen LogP contribution in [0.15, 0.2) is 72.8 Å². The van der Waals surface area contributed by atoms with E-state index in [-0.39, 0.29) is 0 Å². The number of aromatic amines is 1. The van der Waals surface area contributed by atoms with Gasteiger partial charge in [0.2, 0.25) is 0 Å². The summed E-state index contributed by atoms with van der Waals surface area (Å²) in [5.41, 5.74) is 2.82. The Morgan fingerprint density at radius 3 is 2.52 bits per heavy atom. The fraction of sp³-hybridized carbons (Fsp3) is 0.185. The van der Waals surface area contributed by atoms with Gasteiger partial charge in [-0.3, -0.25) is 9.89 Å². The average Bonchev–Trinajstić information content (AvgIpc) is 3.19. The molecule has 3 aromatic carbocycles. The first-order chi connectivity index (χ1) is 15.8. The first-order valence-corrected chi connectivity index (χ1v) is 10.8. The first kappa shape index (κ1) is 22.3. The van der Waals surface area contributed by atoms with E-state index in [2.05, 4.69) is 15.5 Å². The van der Waals surface area contributed by atoms with Crippen molar-refractivity contribution in [3.63, 3.8) is 0 Å². The molecule has 0 saturated carbocycles. The number of carbonyl (C=O) groups excluding carboxylic acids is 1. The van der Waals surface area contributed by atoms with E-state index in [1.807, 2.05) is 81.5 Å². The summed E-state index contributed by atoms with van der Waals surface area (Å²) < 4.78 is 6.00. The van der Waals surface area contributed by atoms with Crippen LogP contribution in [-0.4, -0.2) is 27.3 Å². The summed E-state index contributed by atoms with van der Waals surface area (Å²) >= 11 is 0. The maximum atomic E-state index is 12.3. The van der Waals surface area contributed by atoms with Gasteiger partial charge in [0, 0.05) is 23.2 Å². The molecule has 1 atom stereocenters. The van der Waals surface area contributed by atoms with Crippen LogP contribution in [0.25, 0.3) is 23.1 Å². The molecule has 0 fully saturated rings. The Morgan fingerprint density at radius 1 is 1.00 bits per heavy atom. The summed E-state index contributed by atoms with van der Waals surface area (Å²) in [6.07, 6.45) is 2.89. The van der Waals surface area contributed by atoms with Crippen molar-refractivity contribution < 1.29 is 14.6 Å². The number of ether oxygens (including phenoxy) is 1. The quantitative estimate of drug-likeness (QED) is 0.349. The molecule has 0 bridgehead atoms. The van der Waals surface area contributed by atoms with Gasteiger partial charge >= 0.3 is 0 Å². The van der Waals surface area contributed by atoms with Crippen LogP contribution in [0.2, 0.25) is 0 Å². The molecular weight excluding hydrogens is 414 g/mol. The maximum Gasteiger partial charge on any atom is 0.253 e. The van der Waals surface area contributed by atoms with Crippen LogP contribution in [0.1, 0.15) is 32.0 Å². The minimum absolute atomic E-state index is 0.449. The molecule has 0 aliphatic rings. The summed E-state index contributed by atoms with van der Waals surface area (Å²) in [4.78, 5) is 12.3. The molecule has 0 saturated heterocycles. The average molecular weight is 442 g/mol. The Balaban J connectivity index is 1.48. The molecule has 0 aliphatic heterocycles. The molecule has 1 heterocycles. The van der Waals surface area contributed by atoms with Crippen LogP contribution in [0.3, 0.4) is 0 Å². The van der Waals surface area contributed by atoms with Gasteiger partial charge in [0.25, 0.3) is 5.91 Å². The smallest absolute Gasteiger partial charge is 0.253 e. The van der Waals surface area contributed by atoms with E-state index in [1.165, 1.54) is 0 Å². The Kier molecular flexibility index (Phi) is 6.29. The van der Waals surface area contributed by atoms with Crippen LogP contribution >= 0.6 is 0 Å². The standard InChI is InChI=1S/C27H27N3O3/c1-27(2,3)25(31)26(32)28-19-10-7-11-20(16-19)33-21-13-14-22-23(29-30-24(22)17-21)15-12-18-8-5-4-6-9-18/h4-17,25,31H,1-3H3,(H,28,32)(H,29,30)/b15-12+/t25-/m0/s1. The zero-order valence-electron chi connectivity index (χ0n) is 18.9. The molecule has 4 rings (SSSR count). The molecule has 1 amide bonds. The third-order valence-corrected chi connectivity index (χ3v) is 5.20. The lowest BCUT2D eigenvalue weighted by Crippen LogP contribution is -2.38. The number of hydrogen-bond donors (Lipinski definition) is 3. The van der Waals surface area contributed by atoms with Crippen molar-refractivity contribution in [3.8, 4) is 11.5 Å². The number of nitrogens with one attached hydrogen (secondary N) is 2. The lowest BCUT2D eigenvalue weighted by atomic mass is 9.88. The van der Waals surface area contributed by atoms with Crippen molar-refractivity contribution in [2.75, 3.05) is 5.32 Å². The molecule has 0 unspecified atom stereocenters. The topological polar surface area (TPSA) is 87.2 Å². The molecule has 6 heteroatoms. The molecule has 0 aliphatic carbocycles. The molecule has 168 valence electrons. The molecular formula is C27H27N3O3. The number of nitrogens with zero attached hydrogens (tertiary/aromatic N) is 1. The summed E-state index contributed by atoms with van der Waals surface area (Å²) in [6.45, 7) is 5.43. The van der Waals surface area contributed by atoms with Crippen molar-refractivity contribution in [2.24, 2.45) is 5.41 Å². The number of anilines is 1. The number of H-pyrrole nitrogens is 1. The summed E-state index contributed by atoms with van der Waals surface area (Å²) in [5.74, 6) is 0.763. The van der Waals surface area contributed by atoms with E-state index in [9.17, 15) is 9.90 Å². The molecule has 0 radical (unpaired) electrons. The van der Waals surface area contributed by atoms with Crippen molar-refractivity contribution in [1.29, 1.82) is 0 Å². The normalized spacial score (nSPS) is 12.7. The van der Waals surface area contributed by atoms with Crippen molar-refractivity contribution >= 4 is 34.6 Å². The second kappa shape index (κ2) is 9.30. The molecule has 33 heavy (non-hydrogen) atoms.